The predicted molar refractivity (Wildman–Crippen MR) is 104 cm³/mol. The number of nitrogens with one attached hydrogen (secondary N) is 1. The lowest BCUT2D eigenvalue weighted by Gasteiger charge is -2.27. The summed E-state index contributed by atoms with van der Waals surface area (Å²) in [6, 6.07) is 3.84. The average molecular weight is 382 g/mol. The van der Waals surface area contributed by atoms with Crippen LogP contribution < -0.4 is 5.32 Å². The lowest BCUT2D eigenvalue weighted by atomic mass is 10.0. The van der Waals surface area contributed by atoms with E-state index in [2.05, 4.69) is 20.4 Å². The number of rotatable bonds is 5. The molecular formula is C20H22N4O2S. The van der Waals surface area contributed by atoms with Gasteiger partial charge in [0.1, 0.15) is 5.76 Å². The molecule has 6 nitrogen and oxygen atoms in total. The van der Waals surface area contributed by atoms with E-state index in [1.165, 1.54) is 16.0 Å². The number of hydrogen-bond acceptors (Lipinski definition) is 6. The first-order valence-corrected chi connectivity index (χ1v) is 9.90. The highest BCUT2D eigenvalue weighted by atomic mass is 32.1. The number of carbonyl (C=O) groups is 1. The molecule has 3 aromatic rings. The summed E-state index contributed by atoms with van der Waals surface area (Å²) >= 11 is 1.67. The summed E-state index contributed by atoms with van der Waals surface area (Å²) in [6.45, 7) is 7.06. The van der Waals surface area contributed by atoms with Crippen LogP contribution in [0.25, 0.3) is 0 Å². The first kappa shape index (κ1) is 17.9. The number of amides is 1. The molecule has 4 heterocycles. The van der Waals surface area contributed by atoms with Crippen LogP contribution in [0.5, 0.6) is 0 Å². The Morgan fingerprint density at radius 2 is 2.30 bits per heavy atom. The number of aromatic nitrogens is 2. The molecule has 4 rings (SSSR count). The number of fused-ring (bicyclic) bond motifs is 1. The molecule has 1 amide bonds. The van der Waals surface area contributed by atoms with Crippen molar-refractivity contribution in [2.75, 3.05) is 6.54 Å². The number of pyridine rings is 1. The number of hydrogen-bond donors (Lipinski definition) is 1. The maximum Gasteiger partial charge on any atom is 0.252 e. The summed E-state index contributed by atoms with van der Waals surface area (Å²) in [4.78, 5) is 20.4. The third-order valence-corrected chi connectivity index (χ3v) is 6.02. The topological polar surface area (TPSA) is 71.3 Å². The summed E-state index contributed by atoms with van der Waals surface area (Å²) in [5.74, 6) is 0.885. The number of thiophene rings is 1. The molecule has 7 heteroatoms. The van der Waals surface area contributed by atoms with Gasteiger partial charge in [-0.2, -0.15) is 0 Å². The Labute approximate surface area is 162 Å². The van der Waals surface area contributed by atoms with Gasteiger partial charge in [0, 0.05) is 54.4 Å². The van der Waals surface area contributed by atoms with Gasteiger partial charge >= 0.3 is 0 Å². The fraction of sp³-hybridized carbons (Fsp3) is 0.350. The van der Waals surface area contributed by atoms with Crippen molar-refractivity contribution in [3.8, 4) is 0 Å². The van der Waals surface area contributed by atoms with Gasteiger partial charge < -0.3 is 9.84 Å². The Balaban J connectivity index is 1.41. The average Bonchev–Trinajstić information content (AvgIpc) is 3.25. The third-order valence-electron chi connectivity index (χ3n) is 5.01. The van der Waals surface area contributed by atoms with Crippen LogP contribution >= 0.6 is 11.3 Å². The molecule has 0 aromatic carbocycles. The normalized spacial score (nSPS) is 14.1. The van der Waals surface area contributed by atoms with Gasteiger partial charge in [0.25, 0.3) is 5.91 Å². The minimum Gasteiger partial charge on any atom is -0.361 e. The SMILES string of the molecule is Cc1noc(C)c1CN1CCc2c(C(=O)NCc3cccnc3)csc2C1. The highest BCUT2D eigenvalue weighted by molar-refractivity contribution is 7.10. The molecule has 1 aliphatic rings. The van der Waals surface area contributed by atoms with E-state index < -0.39 is 0 Å². The molecule has 0 saturated heterocycles. The van der Waals surface area contributed by atoms with Crippen molar-refractivity contribution in [1.29, 1.82) is 0 Å². The predicted octanol–water partition coefficient (Wildman–Crippen LogP) is 3.24. The quantitative estimate of drug-likeness (QED) is 0.733. The number of aryl methyl sites for hydroxylation is 2. The monoisotopic (exact) mass is 382 g/mol. The van der Waals surface area contributed by atoms with Gasteiger partial charge in [0.2, 0.25) is 0 Å². The summed E-state index contributed by atoms with van der Waals surface area (Å²) in [7, 11) is 0. The van der Waals surface area contributed by atoms with Gasteiger partial charge in [-0.3, -0.25) is 14.7 Å². The molecule has 1 N–H and O–H groups in total. The van der Waals surface area contributed by atoms with E-state index in [9.17, 15) is 4.79 Å². The van der Waals surface area contributed by atoms with E-state index in [0.717, 1.165) is 48.6 Å². The lowest BCUT2D eigenvalue weighted by molar-refractivity contribution is 0.0949. The summed E-state index contributed by atoms with van der Waals surface area (Å²) in [6.07, 6.45) is 4.39. The largest absolute Gasteiger partial charge is 0.361 e. The van der Waals surface area contributed by atoms with Crippen molar-refractivity contribution >= 4 is 17.2 Å². The van der Waals surface area contributed by atoms with Crippen molar-refractivity contribution in [3.05, 3.63) is 68.5 Å². The fourth-order valence-electron chi connectivity index (χ4n) is 3.44. The van der Waals surface area contributed by atoms with Crippen molar-refractivity contribution in [2.24, 2.45) is 0 Å². The van der Waals surface area contributed by atoms with Crippen LogP contribution in [0.15, 0.2) is 34.4 Å². The second-order valence-corrected chi connectivity index (χ2v) is 7.82. The van der Waals surface area contributed by atoms with Gasteiger partial charge in [0.05, 0.1) is 11.3 Å². The highest BCUT2D eigenvalue weighted by Gasteiger charge is 2.25. The molecule has 0 aliphatic carbocycles. The standard InChI is InChI=1S/C20H22N4O2S/c1-13-17(14(2)26-23-13)10-24-7-5-16-18(12-27-19(16)11-24)20(25)22-9-15-4-3-6-21-8-15/h3-4,6,8,12H,5,7,9-11H2,1-2H3,(H,22,25). The smallest absolute Gasteiger partial charge is 0.252 e. The van der Waals surface area contributed by atoms with Crippen LogP contribution in [-0.2, 0) is 26.1 Å². The Bertz CT molecular complexity index is 929. The zero-order valence-corrected chi connectivity index (χ0v) is 16.3. The molecule has 3 aromatic heterocycles. The molecule has 0 spiro atoms. The van der Waals surface area contributed by atoms with Crippen molar-refractivity contribution in [3.63, 3.8) is 0 Å². The van der Waals surface area contributed by atoms with Crippen LogP contribution in [0.1, 0.15) is 43.4 Å². The van der Waals surface area contributed by atoms with Crippen LogP contribution in [0, 0.1) is 13.8 Å². The maximum atomic E-state index is 12.6. The van der Waals surface area contributed by atoms with Gasteiger partial charge in [-0.1, -0.05) is 11.2 Å². The fourth-order valence-corrected chi connectivity index (χ4v) is 4.56. The molecule has 0 radical (unpaired) electrons. The summed E-state index contributed by atoms with van der Waals surface area (Å²) in [5.41, 5.74) is 5.14. The number of nitrogens with zero attached hydrogens (tertiary/aromatic N) is 3. The van der Waals surface area contributed by atoms with Crippen molar-refractivity contribution < 1.29 is 9.32 Å². The first-order chi connectivity index (χ1) is 13.1. The minimum absolute atomic E-state index is 0.00414. The van der Waals surface area contributed by atoms with Crippen LogP contribution in [0.2, 0.25) is 0 Å². The molecule has 140 valence electrons. The summed E-state index contributed by atoms with van der Waals surface area (Å²) in [5, 5.41) is 9.04. The Kier molecular flexibility index (Phi) is 5.05. The Hall–Kier alpha value is -2.51. The van der Waals surface area contributed by atoms with Crippen LogP contribution in [0.4, 0.5) is 0 Å². The molecule has 0 unspecified atom stereocenters. The number of carbonyl (C=O) groups excluding carboxylic acids is 1. The van der Waals surface area contributed by atoms with E-state index >= 15 is 0 Å². The van der Waals surface area contributed by atoms with E-state index in [4.69, 9.17) is 4.52 Å². The molecule has 0 atom stereocenters. The van der Waals surface area contributed by atoms with Crippen molar-refractivity contribution in [1.82, 2.24) is 20.4 Å². The Morgan fingerprint density at radius 3 is 3.04 bits per heavy atom. The third kappa shape index (κ3) is 3.79. The molecular weight excluding hydrogens is 360 g/mol. The summed E-state index contributed by atoms with van der Waals surface area (Å²) < 4.78 is 5.27. The zero-order chi connectivity index (χ0) is 18.8. The van der Waals surface area contributed by atoms with E-state index in [1.807, 2.05) is 31.4 Å². The van der Waals surface area contributed by atoms with E-state index in [1.54, 1.807) is 23.7 Å². The van der Waals surface area contributed by atoms with Crippen molar-refractivity contribution in [2.45, 2.75) is 39.9 Å². The molecule has 27 heavy (non-hydrogen) atoms. The van der Waals surface area contributed by atoms with Gasteiger partial charge in [-0.05, 0) is 37.5 Å². The highest BCUT2D eigenvalue weighted by Crippen LogP contribution is 2.30. The van der Waals surface area contributed by atoms with E-state index in [0.29, 0.717) is 6.54 Å². The lowest BCUT2D eigenvalue weighted by Crippen LogP contribution is -2.31. The molecule has 0 fully saturated rings. The molecule has 0 saturated carbocycles. The van der Waals surface area contributed by atoms with Gasteiger partial charge in [-0.15, -0.1) is 11.3 Å². The second kappa shape index (κ2) is 7.62. The maximum absolute atomic E-state index is 12.6. The van der Waals surface area contributed by atoms with Gasteiger partial charge in [0.15, 0.2) is 0 Å². The minimum atomic E-state index is -0.00414. The molecule has 1 aliphatic heterocycles. The second-order valence-electron chi connectivity index (χ2n) is 6.86. The zero-order valence-electron chi connectivity index (χ0n) is 15.5. The Morgan fingerprint density at radius 1 is 1.41 bits per heavy atom. The molecule has 0 bridgehead atoms. The van der Waals surface area contributed by atoms with Gasteiger partial charge in [-0.25, -0.2) is 0 Å². The van der Waals surface area contributed by atoms with Crippen LogP contribution in [-0.4, -0.2) is 27.5 Å². The van der Waals surface area contributed by atoms with Crippen LogP contribution in [0.3, 0.4) is 0 Å². The first-order valence-electron chi connectivity index (χ1n) is 9.02. The van der Waals surface area contributed by atoms with E-state index in [-0.39, 0.29) is 5.91 Å².